The summed E-state index contributed by atoms with van der Waals surface area (Å²) in [7, 11) is 0. The summed E-state index contributed by atoms with van der Waals surface area (Å²) in [6.45, 7) is 13.0. The molecule has 0 atom stereocenters. The minimum absolute atomic E-state index is 0.0184. The Hall–Kier alpha value is -1.79. The third-order valence-corrected chi connectivity index (χ3v) is 4.18. The first-order valence-electron chi connectivity index (χ1n) is 9.71. The zero-order chi connectivity index (χ0) is 19.7. The number of carbonyl (C=O) groups is 3. The fourth-order valence-electron chi connectivity index (χ4n) is 2.90. The Morgan fingerprint density at radius 3 is 1.85 bits per heavy atom. The van der Waals surface area contributed by atoms with Crippen molar-refractivity contribution >= 4 is 17.9 Å². The van der Waals surface area contributed by atoms with Gasteiger partial charge in [0.15, 0.2) is 0 Å². The third-order valence-electron chi connectivity index (χ3n) is 4.18. The van der Waals surface area contributed by atoms with Crippen molar-refractivity contribution < 1.29 is 19.1 Å². The standard InChI is InChI=1S/C19H35N3O4/c1-6-10-20(11-7-2)16(23)8-9-17(24)21-12-14-22(15-13-21)18(25)26-19(3,4)5/h6-15H2,1-5H3. The number of piperazine rings is 1. The first kappa shape index (κ1) is 22.3. The van der Waals surface area contributed by atoms with Gasteiger partial charge in [0.05, 0.1) is 0 Å². The lowest BCUT2D eigenvalue weighted by atomic mass is 10.2. The average molecular weight is 370 g/mol. The molecule has 1 aliphatic heterocycles. The molecule has 1 heterocycles. The van der Waals surface area contributed by atoms with Crippen molar-refractivity contribution in [2.24, 2.45) is 0 Å². The van der Waals surface area contributed by atoms with Crippen LogP contribution in [0.4, 0.5) is 4.79 Å². The molecule has 7 nitrogen and oxygen atoms in total. The zero-order valence-corrected chi connectivity index (χ0v) is 17.0. The molecule has 26 heavy (non-hydrogen) atoms. The van der Waals surface area contributed by atoms with Gasteiger partial charge in [-0.2, -0.15) is 0 Å². The van der Waals surface area contributed by atoms with Crippen molar-refractivity contribution in [3.8, 4) is 0 Å². The van der Waals surface area contributed by atoms with E-state index in [1.54, 1.807) is 9.80 Å². The van der Waals surface area contributed by atoms with Crippen molar-refractivity contribution in [2.75, 3.05) is 39.3 Å². The molecule has 0 aliphatic carbocycles. The average Bonchev–Trinajstić information content (AvgIpc) is 2.57. The van der Waals surface area contributed by atoms with E-state index in [1.165, 1.54) is 0 Å². The molecule has 1 aliphatic rings. The third kappa shape index (κ3) is 7.62. The minimum Gasteiger partial charge on any atom is -0.444 e. The molecule has 1 rings (SSSR count). The monoisotopic (exact) mass is 369 g/mol. The fraction of sp³-hybridized carbons (Fsp3) is 0.842. The van der Waals surface area contributed by atoms with Crippen molar-refractivity contribution in [3.63, 3.8) is 0 Å². The predicted octanol–water partition coefficient (Wildman–Crippen LogP) is 2.49. The molecule has 0 N–H and O–H groups in total. The number of hydrogen-bond donors (Lipinski definition) is 0. The Bertz CT molecular complexity index is 474. The molecular formula is C19H35N3O4. The molecule has 0 spiro atoms. The van der Waals surface area contributed by atoms with Crippen molar-refractivity contribution in [3.05, 3.63) is 0 Å². The van der Waals surface area contributed by atoms with Crippen LogP contribution in [0.2, 0.25) is 0 Å². The van der Waals surface area contributed by atoms with Gasteiger partial charge >= 0.3 is 6.09 Å². The van der Waals surface area contributed by atoms with Gasteiger partial charge in [-0.1, -0.05) is 13.8 Å². The van der Waals surface area contributed by atoms with Crippen LogP contribution in [0.5, 0.6) is 0 Å². The van der Waals surface area contributed by atoms with E-state index in [1.807, 2.05) is 39.5 Å². The summed E-state index contributed by atoms with van der Waals surface area (Å²) in [5, 5.41) is 0. The first-order valence-corrected chi connectivity index (χ1v) is 9.71. The smallest absolute Gasteiger partial charge is 0.410 e. The molecule has 0 aromatic rings. The molecule has 0 aromatic heterocycles. The summed E-state index contributed by atoms with van der Waals surface area (Å²) < 4.78 is 5.36. The first-order chi connectivity index (χ1) is 12.2. The van der Waals surface area contributed by atoms with Gasteiger partial charge in [0.2, 0.25) is 11.8 Å². The van der Waals surface area contributed by atoms with Crippen LogP contribution < -0.4 is 0 Å². The van der Waals surface area contributed by atoms with Crippen LogP contribution in [-0.2, 0) is 14.3 Å². The van der Waals surface area contributed by atoms with Gasteiger partial charge in [0, 0.05) is 52.1 Å². The molecule has 3 amide bonds. The van der Waals surface area contributed by atoms with E-state index in [4.69, 9.17) is 4.74 Å². The molecule has 150 valence electrons. The zero-order valence-electron chi connectivity index (χ0n) is 17.0. The normalized spacial score (nSPS) is 15.0. The maximum absolute atomic E-state index is 12.4. The van der Waals surface area contributed by atoms with E-state index in [-0.39, 0.29) is 30.7 Å². The van der Waals surface area contributed by atoms with Crippen LogP contribution in [0.3, 0.4) is 0 Å². The second-order valence-corrected chi connectivity index (χ2v) is 7.73. The van der Waals surface area contributed by atoms with Gasteiger partial charge in [-0.15, -0.1) is 0 Å². The van der Waals surface area contributed by atoms with Gasteiger partial charge in [-0.3, -0.25) is 9.59 Å². The van der Waals surface area contributed by atoms with Crippen LogP contribution >= 0.6 is 0 Å². The molecule has 0 unspecified atom stereocenters. The Labute approximate surface area is 157 Å². The number of hydrogen-bond acceptors (Lipinski definition) is 4. The highest BCUT2D eigenvalue weighted by molar-refractivity contribution is 5.84. The molecule has 7 heteroatoms. The van der Waals surface area contributed by atoms with E-state index >= 15 is 0 Å². The van der Waals surface area contributed by atoms with E-state index in [0.29, 0.717) is 26.2 Å². The van der Waals surface area contributed by atoms with Gasteiger partial charge in [0.25, 0.3) is 0 Å². The summed E-state index contributed by atoms with van der Waals surface area (Å²) in [5.41, 5.74) is -0.521. The van der Waals surface area contributed by atoms with Crippen LogP contribution in [-0.4, -0.2) is 77.5 Å². The van der Waals surface area contributed by atoms with E-state index < -0.39 is 5.60 Å². The SMILES string of the molecule is CCCN(CCC)C(=O)CCC(=O)N1CCN(C(=O)OC(C)(C)C)CC1. The van der Waals surface area contributed by atoms with Crippen molar-refractivity contribution in [2.45, 2.75) is 65.9 Å². The number of amides is 3. The minimum atomic E-state index is -0.521. The lowest BCUT2D eigenvalue weighted by molar-refractivity contribution is -0.138. The van der Waals surface area contributed by atoms with Crippen molar-refractivity contribution in [1.29, 1.82) is 0 Å². The molecule has 1 saturated heterocycles. The second-order valence-electron chi connectivity index (χ2n) is 7.73. The lowest BCUT2D eigenvalue weighted by Gasteiger charge is -2.35. The van der Waals surface area contributed by atoms with E-state index in [9.17, 15) is 14.4 Å². The Balaban J connectivity index is 2.39. The molecule has 0 bridgehead atoms. The van der Waals surface area contributed by atoms with E-state index in [0.717, 1.165) is 25.9 Å². The van der Waals surface area contributed by atoms with Crippen LogP contribution in [0, 0.1) is 0 Å². The highest BCUT2D eigenvalue weighted by atomic mass is 16.6. The molecule has 0 radical (unpaired) electrons. The summed E-state index contributed by atoms with van der Waals surface area (Å²) in [5.74, 6) is 0.0320. The van der Waals surface area contributed by atoms with Gasteiger partial charge in [-0.25, -0.2) is 4.79 Å². The number of nitrogens with zero attached hydrogens (tertiary/aromatic N) is 3. The van der Waals surface area contributed by atoms with Crippen LogP contribution in [0.1, 0.15) is 60.3 Å². The molecule has 0 aromatic carbocycles. The Kier molecular flexibility index (Phi) is 8.88. The molecule has 1 fully saturated rings. The second kappa shape index (κ2) is 10.4. The maximum atomic E-state index is 12.4. The summed E-state index contributed by atoms with van der Waals surface area (Å²) >= 11 is 0. The quantitative estimate of drug-likeness (QED) is 0.691. The number of rotatable bonds is 7. The molecule has 0 saturated carbocycles. The Morgan fingerprint density at radius 2 is 1.38 bits per heavy atom. The van der Waals surface area contributed by atoms with Gasteiger partial charge in [0.1, 0.15) is 5.60 Å². The highest BCUT2D eigenvalue weighted by Crippen LogP contribution is 2.13. The predicted molar refractivity (Wildman–Crippen MR) is 101 cm³/mol. The number of ether oxygens (including phenoxy) is 1. The number of carbonyl (C=O) groups excluding carboxylic acids is 3. The fourth-order valence-corrected chi connectivity index (χ4v) is 2.90. The maximum Gasteiger partial charge on any atom is 0.410 e. The largest absolute Gasteiger partial charge is 0.444 e. The lowest BCUT2D eigenvalue weighted by Crippen LogP contribution is -2.51. The van der Waals surface area contributed by atoms with Crippen molar-refractivity contribution in [1.82, 2.24) is 14.7 Å². The van der Waals surface area contributed by atoms with Gasteiger partial charge in [-0.05, 0) is 33.6 Å². The topological polar surface area (TPSA) is 70.2 Å². The van der Waals surface area contributed by atoms with Crippen LogP contribution in [0.25, 0.3) is 0 Å². The van der Waals surface area contributed by atoms with Crippen LogP contribution in [0.15, 0.2) is 0 Å². The Morgan fingerprint density at radius 1 is 0.885 bits per heavy atom. The summed E-state index contributed by atoms with van der Waals surface area (Å²) in [4.78, 5) is 41.9. The highest BCUT2D eigenvalue weighted by Gasteiger charge is 2.27. The van der Waals surface area contributed by atoms with Gasteiger partial charge < -0.3 is 19.4 Å². The molecular weight excluding hydrogens is 334 g/mol. The summed E-state index contributed by atoms with van der Waals surface area (Å²) in [6.07, 6.45) is 1.99. The summed E-state index contributed by atoms with van der Waals surface area (Å²) in [6, 6.07) is 0. The van der Waals surface area contributed by atoms with E-state index in [2.05, 4.69) is 0 Å².